The highest BCUT2D eigenvalue weighted by Crippen LogP contribution is 2.40. The summed E-state index contributed by atoms with van der Waals surface area (Å²) in [6.07, 6.45) is 5.45. The lowest BCUT2D eigenvalue weighted by Crippen LogP contribution is -2.44. The number of aryl methyl sites for hydroxylation is 1. The van der Waals surface area contributed by atoms with E-state index in [4.69, 9.17) is 0 Å². The van der Waals surface area contributed by atoms with Gasteiger partial charge in [0, 0.05) is 18.2 Å². The first kappa shape index (κ1) is 17.0. The normalized spacial score (nSPS) is 18.9. The third-order valence-electron chi connectivity index (χ3n) is 4.80. The van der Waals surface area contributed by atoms with Gasteiger partial charge in [-0.3, -0.25) is 4.79 Å². The Labute approximate surface area is 133 Å². The Morgan fingerprint density at radius 1 is 1.32 bits per heavy atom. The van der Waals surface area contributed by atoms with Crippen molar-refractivity contribution in [3.05, 3.63) is 35.4 Å². The Hall–Kier alpha value is -1.36. The van der Waals surface area contributed by atoms with E-state index in [9.17, 15) is 13.2 Å². The molecule has 1 aromatic rings. The summed E-state index contributed by atoms with van der Waals surface area (Å²) in [6.45, 7) is 4.02. The fourth-order valence-electron chi connectivity index (χ4n) is 3.19. The SMILES string of the molecule is Cc1cccc(C2(CNC(=O)C(C)S(C)(=O)=O)CCCC2)c1. The van der Waals surface area contributed by atoms with Gasteiger partial charge in [-0.2, -0.15) is 0 Å². The summed E-state index contributed by atoms with van der Waals surface area (Å²) in [6, 6.07) is 8.41. The fourth-order valence-corrected chi connectivity index (χ4v) is 3.66. The summed E-state index contributed by atoms with van der Waals surface area (Å²) >= 11 is 0. The van der Waals surface area contributed by atoms with E-state index >= 15 is 0 Å². The zero-order valence-corrected chi connectivity index (χ0v) is 14.4. The van der Waals surface area contributed by atoms with Crippen LogP contribution in [0.25, 0.3) is 0 Å². The standard InChI is InChI=1S/C17H25NO3S/c1-13-7-6-8-15(11-13)17(9-4-5-10-17)12-18-16(19)14(2)22(3,20)21/h6-8,11,14H,4-5,9-10,12H2,1-3H3,(H,18,19). The van der Waals surface area contributed by atoms with Crippen molar-refractivity contribution < 1.29 is 13.2 Å². The summed E-state index contributed by atoms with van der Waals surface area (Å²) in [7, 11) is -3.35. The molecule has 122 valence electrons. The second-order valence-corrected chi connectivity index (χ2v) is 8.91. The predicted octanol–water partition coefficient (Wildman–Crippen LogP) is 2.36. The van der Waals surface area contributed by atoms with Crippen LogP contribution in [0.15, 0.2) is 24.3 Å². The largest absolute Gasteiger partial charge is 0.354 e. The molecule has 0 bridgehead atoms. The highest BCUT2D eigenvalue weighted by Gasteiger charge is 2.36. The highest BCUT2D eigenvalue weighted by molar-refractivity contribution is 7.92. The molecule has 0 heterocycles. The van der Waals surface area contributed by atoms with E-state index < -0.39 is 21.0 Å². The molecule has 1 atom stereocenters. The highest BCUT2D eigenvalue weighted by atomic mass is 32.2. The zero-order valence-electron chi connectivity index (χ0n) is 13.6. The van der Waals surface area contributed by atoms with Crippen molar-refractivity contribution >= 4 is 15.7 Å². The van der Waals surface area contributed by atoms with Gasteiger partial charge in [0.15, 0.2) is 9.84 Å². The molecule has 1 aliphatic rings. The van der Waals surface area contributed by atoms with Gasteiger partial charge in [-0.15, -0.1) is 0 Å². The zero-order chi connectivity index (χ0) is 16.4. The van der Waals surface area contributed by atoms with E-state index in [0.29, 0.717) is 6.54 Å². The molecule has 1 fully saturated rings. The Morgan fingerprint density at radius 2 is 1.95 bits per heavy atom. The van der Waals surface area contributed by atoms with Crippen LogP contribution in [0.5, 0.6) is 0 Å². The molecule has 2 rings (SSSR count). The minimum Gasteiger partial charge on any atom is -0.354 e. The molecular formula is C17H25NO3S. The van der Waals surface area contributed by atoms with E-state index in [1.54, 1.807) is 0 Å². The van der Waals surface area contributed by atoms with Crippen LogP contribution in [0.4, 0.5) is 0 Å². The van der Waals surface area contributed by atoms with Gasteiger partial charge < -0.3 is 5.32 Å². The molecule has 1 unspecified atom stereocenters. The molecule has 0 aromatic heterocycles. The van der Waals surface area contributed by atoms with Gasteiger partial charge >= 0.3 is 0 Å². The lowest BCUT2D eigenvalue weighted by molar-refractivity contribution is -0.120. The van der Waals surface area contributed by atoms with E-state index in [1.165, 1.54) is 18.1 Å². The lowest BCUT2D eigenvalue weighted by atomic mass is 9.78. The molecule has 1 N–H and O–H groups in total. The van der Waals surface area contributed by atoms with Crippen molar-refractivity contribution in [2.45, 2.75) is 50.2 Å². The minimum absolute atomic E-state index is 0.0566. The lowest BCUT2D eigenvalue weighted by Gasteiger charge is -2.30. The van der Waals surface area contributed by atoms with Crippen LogP contribution in [-0.4, -0.2) is 32.4 Å². The number of amides is 1. The number of carbonyl (C=O) groups excluding carboxylic acids is 1. The Kier molecular flexibility index (Phi) is 4.95. The van der Waals surface area contributed by atoms with Gasteiger partial charge in [0.25, 0.3) is 0 Å². The van der Waals surface area contributed by atoms with Gasteiger partial charge in [-0.05, 0) is 32.3 Å². The third-order valence-corrected chi connectivity index (χ3v) is 6.30. The van der Waals surface area contributed by atoms with Gasteiger partial charge in [0.2, 0.25) is 5.91 Å². The molecule has 1 amide bonds. The van der Waals surface area contributed by atoms with Crippen LogP contribution in [0.2, 0.25) is 0 Å². The van der Waals surface area contributed by atoms with Crippen molar-refractivity contribution in [3.63, 3.8) is 0 Å². The van der Waals surface area contributed by atoms with Crippen LogP contribution < -0.4 is 5.32 Å². The maximum absolute atomic E-state index is 12.1. The smallest absolute Gasteiger partial charge is 0.238 e. The van der Waals surface area contributed by atoms with E-state index in [-0.39, 0.29) is 5.41 Å². The summed E-state index contributed by atoms with van der Waals surface area (Å²) in [5, 5.41) is 1.87. The monoisotopic (exact) mass is 323 g/mol. The molecule has 1 aromatic carbocycles. The summed E-state index contributed by atoms with van der Waals surface area (Å²) < 4.78 is 23.0. The second kappa shape index (κ2) is 6.41. The van der Waals surface area contributed by atoms with Crippen molar-refractivity contribution in [1.82, 2.24) is 5.32 Å². The molecule has 5 heteroatoms. The van der Waals surface area contributed by atoms with Gasteiger partial charge in [-0.1, -0.05) is 42.7 Å². The Bertz CT molecular complexity index is 646. The average molecular weight is 323 g/mol. The number of hydrogen-bond acceptors (Lipinski definition) is 3. The first-order chi connectivity index (χ1) is 10.2. The van der Waals surface area contributed by atoms with Crippen LogP contribution >= 0.6 is 0 Å². The minimum atomic E-state index is -3.35. The summed E-state index contributed by atoms with van der Waals surface area (Å²) in [5.41, 5.74) is 2.40. The molecule has 1 aliphatic carbocycles. The maximum Gasteiger partial charge on any atom is 0.238 e. The molecular weight excluding hydrogens is 298 g/mol. The van der Waals surface area contributed by atoms with Crippen LogP contribution in [0.1, 0.15) is 43.7 Å². The first-order valence-corrected chi connectivity index (χ1v) is 9.74. The average Bonchev–Trinajstić information content (AvgIpc) is 2.93. The van der Waals surface area contributed by atoms with Crippen molar-refractivity contribution in [1.29, 1.82) is 0 Å². The van der Waals surface area contributed by atoms with Gasteiger partial charge in [0.1, 0.15) is 5.25 Å². The number of nitrogens with one attached hydrogen (secondary N) is 1. The fraction of sp³-hybridized carbons (Fsp3) is 0.588. The third kappa shape index (κ3) is 3.69. The molecule has 22 heavy (non-hydrogen) atoms. The topological polar surface area (TPSA) is 63.2 Å². The number of rotatable bonds is 5. The molecule has 0 saturated heterocycles. The van der Waals surface area contributed by atoms with Crippen LogP contribution in [0.3, 0.4) is 0 Å². The van der Waals surface area contributed by atoms with Crippen molar-refractivity contribution in [2.24, 2.45) is 0 Å². The number of carbonyl (C=O) groups is 1. The van der Waals surface area contributed by atoms with Crippen LogP contribution in [-0.2, 0) is 20.0 Å². The summed E-state index contributed by atoms with van der Waals surface area (Å²) in [5.74, 6) is -0.401. The van der Waals surface area contributed by atoms with E-state index in [2.05, 4.69) is 30.4 Å². The number of benzene rings is 1. The number of sulfone groups is 1. The molecule has 0 aliphatic heterocycles. The van der Waals surface area contributed by atoms with Crippen molar-refractivity contribution in [3.8, 4) is 0 Å². The number of hydrogen-bond donors (Lipinski definition) is 1. The quantitative estimate of drug-likeness (QED) is 0.905. The maximum atomic E-state index is 12.1. The van der Waals surface area contributed by atoms with E-state index in [0.717, 1.165) is 31.9 Å². The second-order valence-electron chi connectivity index (χ2n) is 6.55. The first-order valence-electron chi connectivity index (χ1n) is 7.78. The predicted molar refractivity (Wildman–Crippen MR) is 88.6 cm³/mol. The Morgan fingerprint density at radius 3 is 2.50 bits per heavy atom. The van der Waals surface area contributed by atoms with Gasteiger partial charge in [0.05, 0.1) is 0 Å². The summed E-state index contributed by atoms with van der Waals surface area (Å²) in [4.78, 5) is 12.1. The molecule has 0 radical (unpaired) electrons. The van der Waals surface area contributed by atoms with Crippen molar-refractivity contribution in [2.75, 3.05) is 12.8 Å². The van der Waals surface area contributed by atoms with Crippen LogP contribution in [0, 0.1) is 6.92 Å². The Balaban J connectivity index is 2.15. The van der Waals surface area contributed by atoms with E-state index in [1.807, 2.05) is 6.07 Å². The molecule has 4 nitrogen and oxygen atoms in total. The molecule has 1 saturated carbocycles. The van der Waals surface area contributed by atoms with Gasteiger partial charge in [-0.25, -0.2) is 8.42 Å². The molecule has 0 spiro atoms.